The van der Waals surface area contributed by atoms with Crippen LogP contribution < -0.4 is 15.2 Å². The van der Waals surface area contributed by atoms with Crippen LogP contribution in [0.2, 0.25) is 0 Å². The van der Waals surface area contributed by atoms with Crippen molar-refractivity contribution in [2.24, 2.45) is 5.73 Å². The minimum atomic E-state index is -3.41. The molecule has 0 fully saturated rings. The van der Waals surface area contributed by atoms with Crippen molar-refractivity contribution in [2.75, 3.05) is 34.5 Å². The summed E-state index contributed by atoms with van der Waals surface area (Å²) in [5.41, 5.74) is 7.70. The van der Waals surface area contributed by atoms with Crippen molar-refractivity contribution >= 4 is 24.5 Å². The summed E-state index contributed by atoms with van der Waals surface area (Å²) in [6.45, 7) is 3.96. The first-order valence-electron chi connectivity index (χ1n) is 9.56. The highest BCUT2D eigenvalue weighted by molar-refractivity contribution is 7.53. The number of hydrogen-bond acceptors (Lipinski definition) is 9. The molecule has 1 aromatic heterocycles. The smallest absolute Gasteiger partial charge is 0.335 e. The highest BCUT2D eigenvalue weighted by Crippen LogP contribution is 2.52. The van der Waals surface area contributed by atoms with E-state index in [0.29, 0.717) is 28.3 Å². The molecule has 0 saturated heterocycles. The highest BCUT2D eigenvalue weighted by atomic mass is 31.2. The molecule has 1 unspecified atom stereocenters. The fraction of sp³-hybridized carbons (Fsp3) is 0.500. The summed E-state index contributed by atoms with van der Waals surface area (Å²) in [7, 11) is 0.939. The van der Waals surface area contributed by atoms with Crippen molar-refractivity contribution in [1.29, 1.82) is 0 Å². The summed E-state index contributed by atoms with van der Waals surface area (Å²) in [5, 5.41) is 0.748. The van der Waals surface area contributed by atoms with Crippen LogP contribution in [-0.2, 0) is 35.7 Å². The van der Waals surface area contributed by atoms with Gasteiger partial charge in [0.25, 0.3) is 0 Å². The fourth-order valence-corrected chi connectivity index (χ4v) is 4.81. The van der Waals surface area contributed by atoms with Crippen LogP contribution >= 0.6 is 7.60 Å². The molecule has 1 aromatic carbocycles. The van der Waals surface area contributed by atoms with Gasteiger partial charge in [0.05, 0.1) is 46.2 Å². The second-order valence-corrected chi connectivity index (χ2v) is 8.49. The van der Waals surface area contributed by atoms with E-state index in [1.165, 1.54) is 14.2 Å². The standard InChI is InChI=1S/C20H29N2O7P/c1-6-28-30(24,29-7-2)12-14-8-13-9-18(25-3)19(26-4)11-17(13)22-16(14)10-15(21)20(23)27-5/h8-9,11,15H,6-7,10,12,21H2,1-5H3. The third-order valence-electron chi connectivity index (χ3n) is 4.42. The fourth-order valence-electron chi connectivity index (χ4n) is 3.07. The van der Waals surface area contributed by atoms with Crippen LogP contribution in [-0.4, -0.2) is 51.5 Å². The Hall–Kier alpha value is -2.19. The van der Waals surface area contributed by atoms with Gasteiger partial charge in [0.1, 0.15) is 6.04 Å². The monoisotopic (exact) mass is 440 g/mol. The lowest BCUT2D eigenvalue weighted by atomic mass is 10.0. The molecule has 0 amide bonds. The third-order valence-corrected chi connectivity index (χ3v) is 6.45. The van der Waals surface area contributed by atoms with Crippen molar-refractivity contribution < 1.29 is 32.6 Å². The lowest BCUT2D eigenvalue weighted by Gasteiger charge is -2.20. The number of pyridine rings is 1. The molecule has 1 atom stereocenters. The van der Waals surface area contributed by atoms with Crippen molar-refractivity contribution in [3.05, 3.63) is 29.5 Å². The number of ether oxygens (including phenoxy) is 3. The molecule has 2 rings (SSSR count). The van der Waals surface area contributed by atoms with Gasteiger partial charge in [-0.3, -0.25) is 14.3 Å². The number of esters is 1. The largest absolute Gasteiger partial charge is 0.493 e. The van der Waals surface area contributed by atoms with Crippen molar-refractivity contribution in [2.45, 2.75) is 32.5 Å². The van der Waals surface area contributed by atoms with E-state index in [2.05, 4.69) is 4.98 Å². The van der Waals surface area contributed by atoms with E-state index in [-0.39, 0.29) is 25.8 Å². The third kappa shape index (κ3) is 5.70. The first-order valence-corrected chi connectivity index (χ1v) is 11.3. The van der Waals surface area contributed by atoms with Gasteiger partial charge in [0, 0.05) is 23.6 Å². The van der Waals surface area contributed by atoms with E-state index in [1.807, 2.05) is 6.07 Å². The first-order chi connectivity index (χ1) is 14.3. The number of fused-ring (bicyclic) bond motifs is 1. The molecule has 10 heteroatoms. The molecule has 166 valence electrons. The van der Waals surface area contributed by atoms with Crippen LogP contribution in [0.15, 0.2) is 18.2 Å². The Morgan fingerprint density at radius 2 is 1.67 bits per heavy atom. The SMILES string of the molecule is CCOP(=O)(Cc1cc2cc(OC)c(OC)cc2nc1CC(N)C(=O)OC)OCC. The molecular formula is C20H29N2O7P. The van der Waals surface area contributed by atoms with Gasteiger partial charge in [-0.15, -0.1) is 0 Å². The average molecular weight is 440 g/mol. The van der Waals surface area contributed by atoms with Gasteiger partial charge in [0.15, 0.2) is 11.5 Å². The Bertz CT molecular complexity index is 925. The number of nitrogens with two attached hydrogens (primary N) is 1. The van der Waals surface area contributed by atoms with Gasteiger partial charge >= 0.3 is 13.6 Å². The molecule has 0 bridgehead atoms. The average Bonchev–Trinajstić information content (AvgIpc) is 2.72. The summed E-state index contributed by atoms with van der Waals surface area (Å²) in [5.74, 6) is 0.491. The van der Waals surface area contributed by atoms with Crippen molar-refractivity contribution in [1.82, 2.24) is 4.98 Å². The molecule has 0 aliphatic carbocycles. The maximum Gasteiger partial charge on any atom is 0.335 e. The molecule has 2 aromatic rings. The topological polar surface area (TPSA) is 119 Å². The zero-order valence-electron chi connectivity index (χ0n) is 18.0. The zero-order chi connectivity index (χ0) is 22.3. The van der Waals surface area contributed by atoms with E-state index in [1.54, 1.807) is 33.1 Å². The van der Waals surface area contributed by atoms with E-state index in [9.17, 15) is 9.36 Å². The van der Waals surface area contributed by atoms with Gasteiger partial charge in [-0.05, 0) is 31.5 Å². The maximum absolute atomic E-state index is 13.1. The minimum Gasteiger partial charge on any atom is -0.493 e. The minimum absolute atomic E-state index is 0.00477. The van der Waals surface area contributed by atoms with Gasteiger partial charge < -0.3 is 29.0 Å². The summed E-state index contributed by atoms with van der Waals surface area (Å²) in [4.78, 5) is 16.5. The molecule has 0 aliphatic rings. The number of aromatic nitrogens is 1. The van der Waals surface area contributed by atoms with Gasteiger partial charge in [-0.25, -0.2) is 0 Å². The number of carbonyl (C=O) groups excluding carboxylic acids is 1. The number of rotatable bonds is 11. The Balaban J connectivity index is 2.61. The summed E-state index contributed by atoms with van der Waals surface area (Å²) < 4.78 is 39.4. The van der Waals surface area contributed by atoms with Crippen molar-refractivity contribution in [3.8, 4) is 11.5 Å². The van der Waals surface area contributed by atoms with Gasteiger partial charge in [0.2, 0.25) is 0 Å². The quantitative estimate of drug-likeness (QED) is 0.415. The van der Waals surface area contributed by atoms with Gasteiger partial charge in [-0.1, -0.05) is 0 Å². The number of carbonyl (C=O) groups is 1. The second-order valence-electron chi connectivity index (χ2n) is 6.43. The Kier molecular flexibility index (Phi) is 8.61. The van der Waals surface area contributed by atoms with Crippen LogP contribution in [0.1, 0.15) is 25.1 Å². The summed E-state index contributed by atoms with van der Waals surface area (Å²) >= 11 is 0. The van der Waals surface area contributed by atoms with Crippen molar-refractivity contribution in [3.63, 3.8) is 0 Å². The number of nitrogens with zero attached hydrogens (tertiary/aromatic N) is 1. The lowest BCUT2D eigenvalue weighted by molar-refractivity contribution is -0.142. The predicted molar refractivity (Wildman–Crippen MR) is 113 cm³/mol. The van der Waals surface area contributed by atoms with Crippen LogP contribution in [0.25, 0.3) is 10.9 Å². The molecule has 0 aliphatic heterocycles. The van der Waals surface area contributed by atoms with Crippen LogP contribution in [0.4, 0.5) is 0 Å². The Morgan fingerprint density at radius 1 is 1.07 bits per heavy atom. The molecule has 30 heavy (non-hydrogen) atoms. The number of benzene rings is 1. The lowest BCUT2D eigenvalue weighted by Crippen LogP contribution is -2.34. The zero-order valence-corrected chi connectivity index (χ0v) is 18.9. The van der Waals surface area contributed by atoms with Gasteiger partial charge in [-0.2, -0.15) is 0 Å². The summed E-state index contributed by atoms with van der Waals surface area (Å²) in [6.07, 6.45) is 0.0970. The van der Waals surface area contributed by atoms with E-state index in [0.717, 1.165) is 5.39 Å². The summed E-state index contributed by atoms with van der Waals surface area (Å²) in [6, 6.07) is 4.42. The van der Waals surface area contributed by atoms with Crippen LogP contribution in [0.3, 0.4) is 0 Å². The second kappa shape index (κ2) is 10.7. The normalized spacial score (nSPS) is 12.6. The molecule has 9 nitrogen and oxygen atoms in total. The molecule has 0 radical (unpaired) electrons. The van der Waals surface area contributed by atoms with E-state index < -0.39 is 19.6 Å². The molecule has 0 spiro atoms. The molecular weight excluding hydrogens is 411 g/mol. The highest BCUT2D eigenvalue weighted by Gasteiger charge is 2.28. The van der Waals surface area contributed by atoms with Crippen LogP contribution in [0, 0.1) is 0 Å². The number of methoxy groups -OCH3 is 3. The number of hydrogen-bond donors (Lipinski definition) is 1. The van der Waals surface area contributed by atoms with Crippen LogP contribution in [0.5, 0.6) is 11.5 Å². The van der Waals surface area contributed by atoms with E-state index in [4.69, 9.17) is 29.0 Å². The predicted octanol–water partition coefficient (Wildman–Crippen LogP) is 3.06. The molecule has 2 N–H and O–H groups in total. The molecule has 1 heterocycles. The molecule has 0 saturated carbocycles. The van der Waals surface area contributed by atoms with E-state index >= 15 is 0 Å². The Morgan fingerprint density at radius 3 is 2.20 bits per heavy atom. The Labute approximate surface area is 176 Å². The first kappa shape index (κ1) is 24.1. The maximum atomic E-state index is 13.1.